The zero-order valence-corrected chi connectivity index (χ0v) is 17.9. The van der Waals surface area contributed by atoms with Crippen LogP contribution in [0.1, 0.15) is 15.9 Å². The van der Waals surface area contributed by atoms with E-state index in [0.29, 0.717) is 22.3 Å². The molecule has 0 unspecified atom stereocenters. The van der Waals surface area contributed by atoms with Crippen LogP contribution >= 0.6 is 15.9 Å². The molecule has 3 aromatic carbocycles. The molecule has 3 aromatic rings. The topological polar surface area (TPSA) is 90.7 Å². The molecule has 0 aliphatic carbocycles. The van der Waals surface area contributed by atoms with Gasteiger partial charge in [-0.3, -0.25) is 14.9 Å². The van der Waals surface area contributed by atoms with Gasteiger partial charge < -0.3 is 14.8 Å². The number of benzene rings is 3. The number of hydrogen-bond acceptors (Lipinski definition) is 5. The Morgan fingerprint density at radius 2 is 1.72 bits per heavy atom. The first kappa shape index (κ1) is 23.1. The fraction of sp³-hybridized carbons (Fsp3) is 0.0952. The summed E-state index contributed by atoms with van der Waals surface area (Å²) in [5.41, 5.74) is -1.30. The van der Waals surface area contributed by atoms with Gasteiger partial charge in [0.25, 0.3) is 5.91 Å². The largest absolute Gasteiger partial charge is 0.493 e. The fourth-order valence-electron chi connectivity index (χ4n) is 2.69. The first-order valence-electron chi connectivity index (χ1n) is 8.87. The Morgan fingerprint density at radius 1 is 1.03 bits per heavy atom. The second-order valence-electron chi connectivity index (χ2n) is 6.34. The lowest BCUT2D eigenvalue weighted by molar-refractivity contribution is -0.385. The van der Waals surface area contributed by atoms with E-state index < -0.39 is 34.0 Å². The summed E-state index contributed by atoms with van der Waals surface area (Å²) in [5.74, 6) is -0.833. The molecule has 0 aliphatic rings. The molecule has 166 valence electrons. The molecule has 11 heteroatoms. The zero-order chi connectivity index (χ0) is 23.5. The Hall–Kier alpha value is -3.60. The van der Waals surface area contributed by atoms with Crippen molar-refractivity contribution in [1.29, 1.82) is 0 Å². The van der Waals surface area contributed by atoms with Crippen molar-refractivity contribution < 1.29 is 32.4 Å². The Kier molecular flexibility index (Phi) is 6.68. The van der Waals surface area contributed by atoms with Gasteiger partial charge in [0.2, 0.25) is 5.75 Å². The van der Waals surface area contributed by atoms with Gasteiger partial charge in [-0.25, -0.2) is 0 Å². The molecule has 0 atom stereocenters. The van der Waals surface area contributed by atoms with Crippen molar-refractivity contribution in [3.8, 4) is 17.2 Å². The van der Waals surface area contributed by atoms with E-state index in [2.05, 4.69) is 21.2 Å². The predicted octanol–water partition coefficient (Wildman–Crippen LogP) is 6.43. The molecule has 0 bridgehead atoms. The summed E-state index contributed by atoms with van der Waals surface area (Å²) in [6.45, 7) is 0. The Labute approximate surface area is 188 Å². The molecule has 0 aromatic heterocycles. The maximum atomic E-state index is 12.9. The van der Waals surface area contributed by atoms with Gasteiger partial charge in [-0.15, -0.1) is 0 Å². The molecule has 7 nitrogen and oxygen atoms in total. The van der Waals surface area contributed by atoms with Crippen LogP contribution in [0.5, 0.6) is 17.2 Å². The van der Waals surface area contributed by atoms with Crippen LogP contribution in [0.3, 0.4) is 0 Å². The lowest BCUT2D eigenvalue weighted by Gasteiger charge is -2.13. The molecule has 0 saturated heterocycles. The van der Waals surface area contributed by atoms with Crippen molar-refractivity contribution in [3.05, 3.63) is 86.4 Å². The number of nitro benzene ring substituents is 1. The SMILES string of the molecule is COc1cc(C(=O)Nc2ccccc2Br)ccc1Oc1ccc(C(F)(F)F)cc1[N+](=O)[O-]. The minimum Gasteiger partial charge on any atom is -0.493 e. The van der Waals surface area contributed by atoms with Crippen molar-refractivity contribution >= 4 is 33.2 Å². The van der Waals surface area contributed by atoms with E-state index in [-0.39, 0.29) is 17.1 Å². The molecular formula is C21H14BrF3N2O5. The fourth-order valence-corrected chi connectivity index (χ4v) is 3.08. The highest BCUT2D eigenvalue weighted by Crippen LogP contribution is 2.40. The maximum absolute atomic E-state index is 12.9. The number of ether oxygens (including phenoxy) is 2. The summed E-state index contributed by atoms with van der Waals surface area (Å²) in [4.78, 5) is 22.8. The third-order valence-corrected chi connectivity index (χ3v) is 4.94. The summed E-state index contributed by atoms with van der Waals surface area (Å²) >= 11 is 3.32. The number of carbonyl (C=O) groups excluding carboxylic acids is 1. The second kappa shape index (κ2) is 9.27. The van der Waals surface area contributed by atoms with Crippen molar-refractivity contribution in [1.82, 2.24) is 0 Å². The van der Waals surface area contributed by atoms with E-state index in [4.69, 9.17) is 9.47 Å². The van der Waals surface area contributed by atoms with Gasteiger partial charge >= 0.3 is 11.9 Å². The van der Waals surface area contributed by atoms with Crippen LogP contribution < -0.4 is 14.8 Å². The Balaban J connectivity index is 1.89. The maximum Gasteiger partial charge on any atom is 0.416 e. The Morgan fingerprint density at radius 3 is 2.34 bits per heavy atom. The highest BCUT2D eigenvalue weighted by molar-refractivity contribution is 9.10. The Bertz CT molecular complexity index is 1180. The van der Waals surface area contributed by atoms with E-state index in [1.807, 2.05) is 0 Å². The van der Waals surface area contributed by atoms with Gasteiger partial charge in [0.1, 0.15) is 0 Å². The van der Waals surface area contributed by atoms with E-state index in [9.17, 15) is 28.1 Å². The average Bonchev–Trinajstić information content (AvgIpc) is 2.74. The van der Waals surface area contributed by atoms with E-state index in [0.717, 1.165) is 6.07 Å². The molecule has 32 heavy (non-hydrogen) atoms. The van der Waals surface area contributed by atoms with E-state index in [1.54, 1.807) is 24.3 Å². The number of nitro groups is 1. The number of hydrogen-bond donors (Lipinski definition) is 1. The van der Waals surface area contributed by atoms with Crippen molar-refractivity contribution in [2.24, 2.45) is 0 Å². The highest BCUT2D eigenvalue weighted by Gasteiger charge is 2.33. The summed E-state index contributed by atoms with van der Waals surface area (Å²) in [6, 6.07) is 13.0. The molecule has 1 amide bonds. The quantitative estimate of drug-likeness (QED) is 0.304. The van der Waals surface area contributed by atoms with Crippen LogP contribution in [-0.2, 0) is 6.18 Å². The summed E-state index contributed by atoms with van der Waals surface area (Å²) < 4.78 is 50.0. The zero-order valence-electron chi connectivity index (χ0n) is 16.3. The molecule has 0 aliphatic heterocycles. The molecule has 1 N–H and O–H groups in total. The minimum absolute atomic E-state index is 0.0206. The monoisotopic (exact) mass is 510 g/mol. The van der Waals surface area contributed by atoms with Crippen LogP contribution in [0.25, 0.3) is 0 Å². The van der Waals surface area contributed by atoms with Crippen LogP contribution in [0.15, 0.2) is 65.1 Å². The number of alkyl halides is 3. The van der Waals surface area contributed by atoms with Gasteiger partial charge in [0.15, 0.2) is 11.5 Å². The molecule has 0 radical (unpaired) electrons. The van der Waals surface area contributed by atoms with Crippen LogP contribution in [0, 0.1) is 10.1 Å². The van der Waals surface area contributed by atoms with Crippen molar-refractivity contribution in [2.75, 3.05) is 12.4 Å². The van der Waals surface area contributed by atoms with Gasteiger partial charge in [0, 0.05) is 16.1 Å². The van der Waals surface area contributed by atoms with Crippen molar-refractivity contribution in [3.63, 3.8) is 0 Å². The predicted molar refractivity (Wildman–Crippen MR) is 113 cm³/mol. The third kappa shape index (κ3) is 5.17. The molecule has 0 saturated carbocycles. The van der Waals surface area contributed by atoms with Gasteiger partial charge in [-0.1, -0.05) is 12.1 Å². The van der Waals surface area contributed by atoms with E-state index in [1.165, 1.54) is 25.3 Å². The third-order valence-electron chi connectivity index (χ3n) is 4.25. The molecular weight excluding hydrogens is 497 g/mol. The number of halogens is 4. The number of methoxy groups -OCH3 is 1. The van der Waals surface area contributed by atoms with Gasteiger partial charge in [-0.05, 0) is 58.4 Å². The number of anilines is 1. The number of nitrogens with zero attached hydrogens (tertiary/aromatic N) is 1. The van der Waals surface area contributed by atoms with Gasteiger partial charge in [-0.2, -0.15) is 13.2 Å². The van der Waals surface area contributed by atoms with E-state index >= 15 is 0 Å². The summed E-state index contributed by atoms with van der Waals surface area (Å²) in [6.07, 6.45) is -4.75. The molecule has 3 rings (SSSR count). The standard InChI is InChI=1S/C21H14BrF3N2O5/c1-31-19-10-12(20(28)26-15-5-3-2-4-14(15)22)6-8-18(19)32-17-9-7-13(21(23,24)25)11-16(17)27(29)30/h2-11H,1H3,(H,26,28). The lowest BCUT2D eigenvalue weighted by atomic mass is 10.1. The number of carbonyl (C=O) groups is 1. The normalized spacial score (nSPS) is 11.0. The smallest absolute Gasteiger partial charge is 0.416 e. The minimum atomic E-state index is -4.75. The summed E-state index contributed by atoms with van der Waals surface area (Å²) in [7, 11) is 1.29. The first-order valence-corrected chi connectivity index (χ1v) is 9.67. The molecule has 0 spiro atoms. The molecule has 0 heterocycles. The number of nitrogens with one attached hydrogen (secondary N) is 1. The average molecular weight is 511 g/mol. The van der Waals surface area contributed by atoms with Crippen molar-refractivity contribution in [2.45, 2.75) is 6.18 Å². The second-order valence-corrected chi connectivity index (χ2v) is 7.19. The van der Waals surface area contributed by atoms with Gasteiger partial charge in [0.05, 0.1) is 23.3 Å². The lowest BCUT2D eigenvalue weighted by Crippen LogP contribution is -2.12. The van der Waals surface area contributed by atoms with Crippen LogP contribution in [0.4, 0.5) is 24.5 Å². The van der Waals surface area contributed by atoms with Crippen LogP contribution in [-0.4, -0.2) is 17.9 Å². The van der Waals surface area contributed by atoms with Crippen LogP contribution in [0.2, 0.25) is 0 Å². The number of rotatable bonds is 6. The number of para-hydroxylation sites is 1. The first-order chi connectivity index (χ1) is 15.1. The number of amides is 1. The summed E-state index contributed by atoms with van der Waals surface area (Å²) in [5, 5.41) is 14.0. The molecule has 0 fully saturated rings. The highest BCUT2D eigenvalue weighted by atomic mass is 79.9.